The Morgan fingerprint density at radius 2 is 1.63 bits per heavy atom. The van der Waals surface area contributed by atoms with Crippen LogP contribution in [0.2, 0.25) is 5.02 Å². The second-order valence-corrected chi connectivity index (χ2v) is 9.38. The molecule has 0 spiro atoms. The van der Waals surface area contributed by atoms with Gasteiger partial charge in [-0.2, -0.15) is 0 Å². The summed E-state index contributed by atoms with van der Waals surface area (Å²) in [4.78, 5) is 14.2. The minimum absolute atomic E-state index is 0.124. The molecule has 0 unspecified atom stereocenters. The number of pyridine rings is 1. The first-order valence-electron chi connectivity index (χ1n) is 9.06. The lowest BCUT2D eigenvalue weighted by Gasteiger charge is -2.18. The highest BCUT2D eigenvalue weighted by Gasteiger charge is 2.14. The molecule has 0 saturated carbocycles. The van der Waals surface area contributed by atoms with Crippen molar-refractivity contribution in [1.29, 1.82) is 0 Å². The fourth-order valence-electron chi connectivity index (χ4n) is 3.02. The highest BCUT2D eigenvalue weighted by Crippen LogP contribution is 2.34. The van der Waals surface area contributed by atoms with Gasteiger partial charge in [-0.15, -0.1) is 0 Å². The smallest absolute Gasteiger partial charge is 0.273 e. The van der Waals surface area contributed by atoms with Gasteiger partial charge in [-0.1, -0.05) is 11.6 Å². The number of nitrogens with zero attached hydrogens (tertiary/aromatic N) is 2. The molecule has 3 aromatic rings. The lowest BCUT2D eigenvalue weighted by molar-refractivity contribution is 0.607. The maximum absolute atomic E-state index is 12.5. The van der Waals surface area contributed by atoms with E-state index in [-0.39, 0.29) is 5.56 Å². The van der Waals surface area contributed by atoms with Gasteiger partial charge in [-0.05, 0) is 48.5 Å². The van der Waals surface area contributed by atoms with Crippen LogP contribution in [0.15, 0.2) is 59.5 Å². The van der Waals surface area contributed by atoms with Gasteiger partial charge in [0.1, 0.15) is 5.69 Å². The molecule has 0 atom stereocenters. The minimum atomic E-state index is -3.44. The third-order valence-corrected chi connectivity index (χ3v) is 5.26. The molecule has 1 heterocycles. The zero-order valence-electron chi connectivity index (χ0n) is 17.1. The Balaban J connectivity index is 2.17. The van der Waals surface area contributed by atoms with Crippen LogP contribution in [0.5, 0.6) is 0 Å². The normalized spacial score (nSPS) is 11.2. The summed E-state index contributed by atoms with van der Waals surface area (Å²) in [5.74, 6) is 0. The Morgan fingerprint density at radius 1 is 1.00 bits per heavy atom. The van der Waals surface area contributed by atoms with E-state index < -0.39 is 10.0 Å². The van der Waals surface area contributed by atoms with E-state index >= 15 is 0 Å². The molecule has 0 bridgehead atoms. The van der Waals surface area contributed by atoms with Crippen molar-refractivity contribution in [2.45, 2.75) is 0 Å². The monoisotopic (exact) mass is 446 g/mol. The summed E-state index contributed by atoms with van der Waals surface area (Å²) < 4.78 is 27.4. The van der Waals surface area contributed by atoms with Gasteiger partial charge in [0.2, 0.25) is 10.0 Å². The van der Waals surface area contributed by atoms with Crippen LogP contribution in [-0.2, 0) is 17.1 Å². The SMILES string of the molecule is CN(C)c1cc(-c2cc(NS(C)(=O)=O)ccc2Nc2ccc(Cl)cc2)cn(C)c1=O. The highest BCUT2D eigenvalue weighted by atomic mass is 35.5. The quantitative estimate of drug-likeness (QED) is 0.600. The number of hydrogen-bond acceptors (Lipinski definition) is 5. The molecule has 7 nitrogen and oxygen atoms in total. The average Bonchev–Trinajstić information content (AvgIpc) is 2.65. The third kappa shape index (κ3) is 5.14. The van der Waals surface area contributed by atoms with Crippen molar-refractivity contribution in [2.75, 3.05) is 35.3 Å². The number of sulfonamides is 1. The summed E-state index contributed by atoms with van der Waals surface area (Å²) in [6.07, 6.45) is 2.82. The number of nitrogens with one attached hydrogen (secondary N) is 2. The van der Waals surface area contributed by atoms with Crippen LogP contribution in [0.3, 0.4) is 0 Å². The molecule has 158 valence electrons. The largest absolute Gasteiger partial charge is 0.373 e. The number of hydrogen-bond donors (Lipinski definition) is 2. The summed E-state index contributed by atoms with van der Waals surface area (Å²) in [6, 6.07) is 14.2. The molecule has 2 aromatic carbocycles. The molecular weight excluding hydrogens is 424 g/mol. The van der Waals surface area contributed by atoms with E-state index in [9.17, 15) is 13.2 Å². The molecule has 0 aliphatic carbocycles. The van der Waals surface area contributed by atoms with Crippen molar-refractivity contribution in [2.24, 2.45) is 7.05 Å². The van der Waals surface area contributed by atoms with Crippen LogP contribution < -0.4 is 20.5 Å². The van der Waals surface area contributed by atoms with Gasteiger partial charge in [0.15, 0.2) is 0 Å². The summed E-state index contributed by atoms with van der Waals surface area (Å²) in [5.41, 5.74) is 3.89. The van der Waals surface area contributed by atoms with E-state index in [2.05, 4.69) is 10.0 Å². The van der Waals surface area contributed by atoms with Crippen LogP contribution >= 0.6 is 11.6 Å². The van der Waals surface area contributed by atoms with Gasteiger partial charge in [-0.3, -0.25) is 9.52 Å². The van der Waals surface area contributed by atoms with Gasteiger partial charge < -0.3 is 14.8 Å². The number of rotatable bonds is 6. The second-order valence-electron chi connectivity index (χ2n) is 7.19. The van der Waals surface area contributed by atoms with E-state index in [1.165, 1.54) is 4.57 Å². The van der Waals surface area contributed by atoms with Crippen molar-refractivity contribution in [1.82, 2.24) is 4.57 Å². The molecule has 3 rings (SSSR count). The molecule has 9 heteroatoms. The van der Waals surface area contributed by atoms with Gasteiger partial charge in [0.25, 0.3) is 5.56 Å². The van der Waals surface area contributed by atoms with Crippen LogP contribution in [-0.4, -0.2) is 33.3 Å². The molecule has 0 fully saturated rings. The first-order chi connectivity index (χ1) is 14.0. The lowest BCUT2D eigenvalue weighted by atomic mass is 10.0. The van der Waals surface area contributed by atoms with Crippen molar-refractivity contribution < 1.29 is 8.42 Å². The van der Waals surface area contributed by atoms with E-state index in [1.807, 2.05) is 12.1 Å². The number of halogens is 1. The zero-order chi connectivity index (χ0) is 22.1. The van der Waals surface area contributed by atoms with Crippen LogP contribution in [0.4, 0.5) is 22.7 Å². The summed E-state index contributed by atoms with van der Waals surface area (Å²) >= 11 is 5.97. The Kier molecular flexibility index (Phi) is 6.09. The maximum atomic E-state index is 12.5. The summed E-state index contributed by atoms with van der Waals surface area (Å²) in [5, 5.41) is 3.96. The second kappa shape index (κ2) is 8.41. The molecule has 30 heavy (non-hydrogen) atoms. The molecule has 0 aliphatic heterocycles. The Labute approximate surface area is 181 Å². The minimum Gasteiger partial charge on any atom is -0.373 e. The standard InChI is InChI=1S/C21H23ClN4O3S/c1-25(2)20-11-14(13-26(3)21(20)27)18-12-17(24-30(4,28)29)9-10-19(18)23-16-7-5-15(22)6-8-16/h5-13,23-24H,1-4H3. The summed E-state index contributed by atoms with van der Waals surface area (Å²) in [6.45, 7) is 0. The van der Waals surface area contributed by atoms with Gasteiger partial charge in [0.05, 0.1) is 6.26 Å². The number of benzene rings is 2. The maximum Gasteiger partial charge on any atom is 0.273 e. The fourth-order valence-corrected chi connectivity index (χ4v) is 3.70. The zero-order valence-corrected chi connectivity index (χ0v) is 18.7. The third-order valence-electron chi connectivity index (χ3n) is 4.40. The molecule has 0 amide bonds. The molecule has 2 N–H and O–H groups in total. The van der Waals surface area contributed by atoms with Gasteiger partial charge in [0, 0.05) is 60.6 Å². The van der Waals surface area contributed by atoms with E-state index in [0.29, 0.717) is 16.4 Å². The van der Waals surface area contributed by atoms with Gasteiger partial charge >= 0.3 is 0 Å². The number of aromatic nitrogens is 1. The van der Waals surface area contributed by atoms with E-state index in [1.54, 1.807) is 68.6 Å². The molecule has 0 saturated heterocycles. The number of anilines is 4. The Morgan fingerprint density at radius 3 is 2.23 bits per heavy atom. The van der Waals surface area contributed by atoms with E-state index in [0.717, 1.165) is 28.8 Å². The van der Waals surface area contributed by atoms with Crippen molar-refractivity contribution >= 4 is 44.4 Å². The number of aryl methyl sites for hydroxylation is 1. The average molecular weight is 447 g/mol. The molecule has 1 aromatic heterocycles. The van der Waals surface area contributed by atoms with Crippen molar-refractivity contribution in [3.63, 3.8) is 0 Å². The van der Waals surface area contributed by atoms with Gasteiger partial charge in [-0.25, -0.2) is 8.42 Å². The highest BCUT2D eigenvalue weighted by molar-refractivity contribution is 7.92. The summed E-state index contributed by atoms with van der Waals surface area (Å²) in [7, 11) is 1.85. The Bertz CT molecular complexity index is 1240. The predicted molar refractivity (Wildman–Crippen MR) is 125 cm³/mol. The molecular formula is C21H23ClN4O3S. The van der Waals surface area contributed by atoms with Crippen molar-refractivity contribution in [3.8, 4) is 11.1 Å². The topological polar surface area (TPSA) is 83.4 Å². The fraction of sp³-hybridized carbons (Fsp3) is 0.190. The Hall–Kier alpha value is -2.97. The van der Waals surface area contributed by atoms with Crippen LogP contribution in [0.25, 0.3) is 11.1 Å². The van der Waals surface area contributed by atoms with Crippen LogP contribution in [0.1, 0.15) is 0 Å². The lowest BCUT2D eigenvalue weighted by Crippen LogP contribution is -2.25. The predicted octanol–water partition coefficient (Wildman–Crippen LogP) is 3.89. The molecule has 0 radical (unpaired) electrons. The first kappa shape index (κ1) is 21.7. The first-order valence-corrected chi connectivity index (χ1v) is 11.3. The van der Waals surface area contributed by atoms with E-state index in [4.69, 9.17) is 11.6 Å². The molecule has 0 aliphatic rings. The van der Waals surface area contributed by atoms with Crippen molar-refractivity contribution in [3.05, 3.63) is 70.1 Å². The van der Waals surface area contributed by atoms with Crippen LogP contribution in [0, 0.1) is 0 Å².